The minimum absolute atomic E-state index is 0.0438. The molecule has 0 radical (unpaired) electrons. The normalized spacial score (nSPS) is 24.5. The summed E-state index contributed by atoms with van der Waals surface area (Å²) in [4.78, 5) is 45.0. The molecule has 4 aliphatic rings. The lowest BCUT2D eigenvalue weighted by molar-refractivity contribution is -0.136. The number of aromatic amines is 1. The first-order chi connectivity index (χ1) is 19.0. The molecule has 0 spiro atoms. The number of carboxylic acid groups (broad SMARTS) is 1. The lowest BCUT2D eigenvalue weighted by Crippen LogP contribution is -2.24. The van der Waals surface area contributed by atoms with Gasteiger partial charge < -0.3 is 20.7 Å². The lowest BCUT2D eigenvalue weighted by Gasteiger charge is -2.14. The summed E-state index contributed by atoms with van der Waals surface area (Å²) in [6.45, 7) is 14.4. The third-order valence-electron chi connectivity index (χ3n) is 8.61. The van der Waals surface area contributed by atoms with Gasteiger partial charge in [0.25, 0.3) is 5.91 Å². The predicted molar refractivity (Wildman–Crippen MR) is 156 cm³/mol. The second-order valence-corrected chi connectivity index (χ2v) is 11.0. The van der Waals surface area contributed by atoms with Gasteiger partial charge in [-0.25, -0.2) is 0 Å². The van der Waals surface area contributed by atoms with Crippen molar-refractivity contribution in [2.45, 2.75) is 72.3 Å². The molecule has 1 aromatic heterocycles. The molecule has 8 nitrogen and oxygen atoms in total. The highest BCUT2D eigenvalue weighted by atomic mass is 16.4. The molecule has 0 saturated carbocycles. The van der Waals surface area contributed by atoms with Crippen molar-refractivity contribution in [1.82, 2.24) is 15.6 Å². The van der Waals surface area contributed by atoms with Gasteiger partial charge in [0.15, 0.2) is 5.78 Å². The Kier molecular flexibility index (Phi) is 7.12. The van der Waals surface area contributed by atoms with Gasteiger partial charge in [0.05, 0.1) is 12.6 Å². The van der Waals surface area contributed by atoms with E-state index in [0.717, 1.165) is 62.8 Å². The van der Waals surface area contributed by atoms with Crippen LogP contribution in [-0.4, -0.2) is 46.0 Å². The van der Waals surface area contributed by atoms with Gasteiger partial charge in [-0.3, -0.25) is 19.4 Å². The maximum Gasteiger partial charge on any atom is 0.303 e. The fourth-order valence-corrected chi connectivity index (χ4v) is 6.37. The Morgan fingerprint density at radius 2 is 1.90 bits per heavy atom. The molecule has 0 fully saturated rings. The van der Waals surface area contributed by atoms with Gasteiger partial charge in [-0.05, 0) is 80.5 Å². The van der Waals surface area contributed by atoms with Crippen LogP contribution in [-0.2, 0) is 9.59 Å². The van der Waals surface area contributed by atoms with Gasteiger partial charge in [0.1, 0.15) is 0 Å². The van der Waals surface area contributed by atoms with E-state index in [4.69, 9.17) is 4.99 Å². The number of nitrogens with zero attached hydrogens (tertiary/aromatic N) is 1. The summed E-state index contributed by atoms with van der Waals surface area (Å²) >= 11 is 0. The number of hydrogen-bond acceptors (Lipinski definition) is 5. The molecule has 3 aliphatic heterocycles. The fraction of sp³-hybridized carbons (Fsp3) is 0.375. The molecule has 1 aliphatic carbocycles. The van der Waals surface area contributed by atoms with E-state index in [1.807, 2.05) is 19.9 Å². The highest BCUT2D eigenvalue weighted by Crippen LogP contribution is 2.42. The molecule has 4 N–H and O–H groups in total. The van der Waals surface area contributed by atoms with Crippen LogP contribution in [0.5, 0.6) is 0 Å². The Morgan fingerprint density at radius 3 is 2.58 bits per heavy atom. The standard InChI is InChI=1S/C32H36N4O4/c1-7-19-16(4)23(12-26-20(8-2)17(5)32(40)36-26)34-25(19)13-24-18(6)29-27(37)11-22(31(29)35-24)30-21(9-10-28(38)39)15(3)14-33-30/h8,12-13,22-23,34-35H,2,7,9-11,14H2,1,3-6H3,(H,36,40)(H,38,39)/b25-13+,26-12+. The van der Waals surface area contributed by atoms with Crippen molar-refractivity contribution in [2.75, 3.05) is 6.54 Å². The van der Waals surface area contributed by atoms with E-state index in [0.29, 0.717) is 25.0 Å². The average Bonchev–Trinajstić information content (AvgIpc) is 3.66. The third-order valence-corrected chi connectivity index (χ3v) is 8.61. The van der Waals surface area contributed by atoms with Crippen molar-refractivity contribution in [3.8, 4) is 0 Å². The Hall–Kier alpha value is -4.20. The summed E-state index contributed by atoms with van der Waals surface area (Å²) in [5.74, 6) is -1.05. The first-order valence-electron chi connectivity index (χ1n) is 13.8. The van der Waals surface area contributed by atoms with Crippen LogP contribution in [0.15, 0.2) is 68.6 Å². The van der Waals surface area contributed by atoms with Crippen molar-refractivity contribution < 1.29 is 19.5 Å². The van der Waals surface area contributed by atoms with Crippen LogP contribution >= 0.6 is 0 Å². The summed E-state index contributed by atoms with van der Waals surface area (Å²) in [5.41, 5.74) is 11.9. The minimum Gasteiger partial charge on any atom is -0.481 e. The number of allylic oxidation sites excluding steroid dienone is 3. The van der Waals surface area contributed by atoms with Crippen LogP contribution in [0.25, 0.3) is 6.08 Å². The topological polar surface area (TPSA) is 124 Å². The van der Waals surface area contributed by atoms with Crippen LogP contribution in [0.1, 0.15) is 86.6 Å². The number of H-pyrrole nitrogens is 1. The number of rotatable bonds is 8. The highest BCUT2D eigenvalue weighted by molar-refractivity contribution is 6.15. The molecule has 2 unspecified atom stereocenters. The lowest BCUT2D eigenvalue weighted by atomic mass is 9.91. The molecule has 8 heteroatoms. The SMILES string of the molecule is C=CC1=C(C)C(=O)N/C1=C/C1N/C(=C/c2[nH]c3c(c2C)C(=O)CC3C2=NCC(C)=C2CCC(=O)O)C(CC)=C1C. The van der Waals surface area contributed by atoms with Crippen molar-refractivity contribution in [3.63, 3.8) is 0 Å². The number of carbonyl (C=O) groups is 3. The quantitative estimate of drug-likeness (QED) is 0.362. The maximum absolute atomic E-state index is 13.2. The van der Waals surface area contributed by atoms with Crippen LogP contribution in [0.2, 0.25) is 0 Å². The zero-order valence-electron chi connectivity index (χ0n) is 23.7. The monoisotopic (exact) mass is 540 g/mol. The fourth-order valence-electron chi connectivity index (χ4n) is 6.37. The van der Waals surface area contributed by atoms with Crippen molar-refractivity contribution in [2.24, 2.45) is 4.99 Å². The van der Waals surface area contributed by atoms with Crippen LogP contribution in [0.4, 0.5) is 0 Å². The first kappa shape index (κ1) is 27.4. The molecule has 0 saturated heterocycles. The van der Waals surface area contributed by atoms with Gasteiger partial charge >= 0.3 is 5.97 Å². The second-order valence-electron chi connectivity index (χ2n) is 11.0. The zero-order valence-corrected chi connectivity index (χ0v) is 23.7. The van der Waals surface area contributed by atoms with Gasteiger partial charge in [-0.1, -0.05) is 19.6 Å². The smallest absolute Gasteiger partial charge is 0.303 e. The number of amides is 1. The number of aliphatic carboxylic acids is 1. The number of Topliss-reactive ketones (excluding diaryl/α,β-unsaturated/α-hetero) is 1. The Morgan fingerprint density at radius 1 is 1.15 bits per heavy atom. The van der Waals surface area contributed by atoms with E-state index < -0.39 is 5.97 Å². The number of aliphatic imine (C=N–C) groups is 1. The van der Waals surface area contributed by atoms with Crippen molar-refractivity contribution in [3.05, 3.63) is 86.1 Å². The van der Waals surface area contributed by atoms with Crippen molar-refractivity contribution in [1.29, 1.82) is 0 Å². The predicted octanol–water partition coefficient (Wildman–Crippen LogP) is 5.18. The molecule has 0 aromatic carbocycles. The number of aromatic nitrogens is 1. The summed E-state index contributed by atoms with van der Waals surface area (Å²) < 4.78 is 0. The third kappa shape index (κ3) is 4.51. The Labute approximate surface area is 234 Å². The number of hydrogen-bond donors (Lipinski definition) is 4. The summed E-state index contributed by atoms with van der Waals surface area (Å²) in [5, 5.41) is 15.8. The minimum atomic E-state index is -0.838. The molecule has 1 aromatic rings. The highest BCUT2D eigenvalue weighted by Gasteiger charge is 2.39. The molecule has 40 heavy (non-hydrogen) atoms. The number of nitrogens with one attached hydrogen (secondary N) is 3. The largest absolute Gasteiger partial charge is 0.481 e. The molecular weight excluding hydrogens is 504 g/mol. The van der Waals surface area contributed by atoms with Crippen LogP contribution in [0, 0.1) is 6.92 Å². The molecule has 2 atom stereocenters. The molecule has 0 bridgehead atoms. The molecular formula is C32H36N4O4. The number of carboxylic acids is 1. The average molecular weight is 541 g/mol. The molecule has 5 rings (SSSR count). The van der Waals surface area contributed by atoms with E-state index in [9.17, 15) is 19.5 Å². The second kappa shape index (κ2) is 10.4. The summed E-state index contributed by atoms with van der Waals surface area (Å²) in [6.07, 6.45) is 7.45. The van der Waals surface area contributed by atoms with Gasteiger partial charge in [-0.15, -0.1) is 0 Å². The van der Waals surface area contributed by atoms with Gasteiger partial charge in [0.2, 0.25) is 0 Å². The van der Waals surface area contributed by atoms with E-state index in [2.05, 4.69) is 42.1 Å². The van der Waals surface area contributed by atoms with E-state index in [1.165, 1.54) is 11.1 Å². The van der Waals surface area contributed by atoms with Crippen molar-refractivity contribution >= 4 is 29.4 Å². The number of carbonyl (C=O) groups excluding carboxylic acids is 2. The van der Waals surface area contributed by atoms with E-state index in [1.54, 1.807) is 13.0 Å². The maximum atomic E-state index is 13.2. The Balaban J connectivity index is 1.47. The van der Waals surface area contributed by atoms with E-state index >= 15 is 0 Å². The molecule has 1 amide bonds. The molecule has 208 valence electrons. The van der Waals surface area contributed by atoms with Crippen LogP contribution < -0.4 is 10.6 Å². The number of fused-ring (bicyclic) bond motifs is 1. The zero-order chi connectivity index (χ0) is 28.9. The summed E-state index contributed by atoms with van der Waals surface area (Å²) in [7, 11) is 0. The Bertz CT molecular complexity index is 1560. The molecule has 4 heterocycles. The summed E-state index contributed by atoms with van der Waals surface area (Å²) in [6, 6.07) is -0.0911. The van der Waals surface area contributed by atoms with Gasteiger partial charge in [-0.2, -0.15) is 0 Å². The van der Waals surface area contributed by atoms with Gasteiger partial charge in [0, 0.05) is 64.0 Å². The number of ketones is 1. The van der Waals surface area contributed by atoms with Crippen LogP contribution in [0.3, 0.4) is 0 Å². The van der Waals surface area contributed by atoms with E-state index in [-0.39, 0.29) is 30.1 Å². The first-order valence-corrected chi connectivity index (χ1v) is 13.8.